The Hall–Kier alpha value is -1.06. The summed E-state index contributed by atoms with van der Waals surface area (Å²) in [4.78, 5) is 2.57. The van der Waals surface area contributed by atoms with E-state index in [1.54, 1.807) is 7.11 Å². The smallest absolute Gasteiger partial charge is 0.119 e. The Bertz CT molecular complexity index is 419. The van der Waals surface area contributed by atoms with E-state index in [-0.39, 0.29) is 0 Å². The molecule has 0 aromatic heterocycles. The molecule has 1 aromatic rings. The zero-order chi connectivity index (χ0) is 14.4. The maximum atomic E-state index is 8.91. The third-order valence-electron chi connectivity index (χ3n) is 4.39. The fourth-order valence-corrected chi connectivity index (χ4v) is 3.18. The molecule has 20 heavy (non-hydrogen) atoms. The lowest BCUT2D eigenvalue weighted by molar-refractivity contribution is 0.178. The summed E-state index contributed by atoms with van der Waals surface area (Å²) >= 11 is 0. The number of rotatable bonds is 7. The number of aliphatic hydroxyl groups excluding tert-OH is 1. The SMILES string of the molecule is CCN(CCCCO)[C@H]1CCc2cc(OC)ccc2C1. The molecule has 0 saturated carbocycles. The van der Waals surface area contributed by atoms with Crippen molar-refractivity contribution < 1.29 is 9.84 Å². The van der Waals surface area contributed by atoms with Gasteiger partial charge in [-0.3, -0.25) is 0 Å². The van der Waals surface area contributed by atoms with Crippen LogP contribution in [0.2, 0.25) is 0 Å². The molecule has 2 rings (SSSR count). The van der Waals surface area contributed by atoms with Gasteiger partial charge in [0, 0.05) is 12.6 Å². The van der Waals surface area contributed by atoms with E-state index in [0.29, 0.717) is 12.6 Å². The van der Waals surface area contributed by atoms with E-state index in [9.17, 15) is 0 Å². The number of benzene rings is 1. The minimum Gasteiger partial charge on any atom is -0.497 e. The summed E-state index contributed by atoms with van der Waals surface area (Å²) in [5.74, 6) is 0.970. The average Bonchev–Trinajstić information content (AvgIpc) is 2.50. The summed E-state index contributed by atoms with van der Waals surface area (Å²) in [6.45, 7) is 4.75. The molecular weight excluding hydrogens is 250 g/mol. The zero-order valence-electron chi connectivity index (χ0n) is 12.8. The Labute approximate surface area is 122 Å². The monoisotopic (exact) mass is 277 g/mol. The maximum absolute atomic E-state index is 8.91. The van der Waals surface area contributed by atoms with Gasteiger partial charge in [-0.1, -0.05) is 13.0 Å². The summed E-state index contributed by atoms with van der Waals surface area (Å²) in [7, 11) is 1.73. The van der Waals surface area contributed by atoms with Crippen molar-refractivity contribution in [2.24, 2.45) is 0 Å². The van der Waals surface area contributed by atoms with Crippen molar-refractivity contribution in [1.29, 1.82) is 0 Å². The van der Waals surface area contributed by atoms with Gasteiger partial charge in [-0.2, -0.15) is 0 Å². The lowest BCUT2D eigenvalue weighted by Gasteiger charge is -2.34. The Morgan fingerprint density at radius 2 is 2.15 bits per heavy atom. The minimum atomic E-state index is 0.310. The van der Waals surface area contributed by atoms with Crippen LogP contribution in [-0.2, 0) is 12.8 Å². The Kier molecular flexibility index (Phi) is 5.86. The van der Waals surface area contributed by atoms with Crippen LogP contribution in [0.3, 0.4) is 0 Å². The highest BCUT2D eigenvalue weighted by atomic mass is 16.5. The molecule has 0 amide bonds. The van der Waals surface area contributed by atoms with Gasteiger partial charge in [-0.25, -0.2) is 0 Å². The van der Waals surface area contributed by atoms with E-state index in [1.807, 2.05) is 0 Å². The lowest BCUT2D eigenvalue weighted by atomic mass is 9.87. The normalized spacial score (nSPS) is 18.1. The van der Waals surface area contributed by atoms with Crippen LogP contribution in [-0.4, -0.2) is 42.9 Å². The number of hydrogen-bond donors (Lipinski definition) is 1. The molecule has 0 saturated heterocycles. The molecule has 1 N–H and O–H groups in total. The molecule has 1 atom stereocenters. The molecule has 112 valence electrons. The summed E-state index contributed by atoms with van der Waals surface area (Å²) < 4.78 is 5.31. The van der Waals surface area contributed by atoms with Crippen molar-refractivity contribution >= 4 is 0 Å². The number of fused-ring (bicyclic) bond motifs is 1. The van der Waals surface area contributed by atoms with Crippen LogP contribution in [0.5, 0.6) is 5.75 Å². The van der Waals surface area contributed by atoms with Crippen molar-refractivity contribution in [2.75, 3.05) is 26.8 Å². The predicted octanol–water partition coefficient (Wildman–Crippen LogP) is 2.65. The molecule has 3 heteroatoms. The fraction of sp³-hybridized carbons (Fsp3) is 0.647. The first kappa shape index (κ1) is 15.3. The number of aryl methyl sites for hydroxylation is 1. The van der Waals surface area contributed by atoms with Gasteiger partial charge in [-0.15, -0.1) is 0 Å². The molecule has 1 aromatic carbocycles. The van der Waals surface area contributed by atoms with Crippen LogP contribution >= 0.6 is 0 Å². The number of likely N-dealkylation sites (N-methyl/N-ethyl adjacent to an activating group) is 1. The highest BCUT2D eigenvalue weighted by molar-refractivity contribution is 5.37. The molecule has 3 nitrogen and oxygen atoms in total. The fourth-order valence-electron chi connectivity index (χ4n) is 3.18. The molecule has 0 aliphatic heterocycles. The summed E-state index contributed by atoms with van der Waals surface area (Å²) in [5, 5.41) is 8.91. The second kappa shape index (κ2) is 7.65. The Morgan fingerprint density at radius 1 is 1.30 bits per heavy atom. The first-order valence-electron chi connectivity index (χ1n) is 7.79. The predicted molar refractivity (Wildman–Crippen MR) is 82.4 cm³/mol. The third-order valence-corrected chi connectivity index (χ3v) is 4.39. The lowest BCUT2D eigenvalue weighted by Crippen LogP contribution is -2.39. The molecule has 0 fully saturated rings. The Morgan fingerprint density at radius 3 is 2.85 bits per heavy atom. The molecule has 0 bridgehead atoms. The van der Waals surface area contributed by atoms with Gasteiger partial charge < -0.3 is 14.7 Å². The number of aliphatic hydroxyl groups is 1. The van der Waals surface area contributed by atoms with Crippen molar-refractivity contribution in [3.63, 3.8) is 0 Å². The quantitative estimate of drug-likeness (QED) is 0.778. The largest absolute Gasteiger partial charge is 0.497 e. The number of nitrogens with zero attached hydrogens (tertiary/aromatic N) is 1. The second-order valence-corrected chi connectivity index (χ2v) is 5.59. The zero-order valence-corrected chi connectivity index (χ0v) is 12.8. The van der Waals surface area contributed by atoms with Gasteiger partial charge >= 0.3 is 0 Å². The minimum absolute atomic E-state index is 0.310. The van der Waals surface area contributed by atoms with Crippen LogP contribution in [0.1, 0.15) is 37.3 Å². The summed E-state index contributed by atoms with van der Waals surface area (Å²) in [5.41, 5.74) is 2.93. The molecular formula is C17H27NO2. The maximum Gasteiger partial charge on any atom is 0.119 e. The molecule has 1 aliphatic carbocycles. The highest BCUT2D eigenvalue weighted by Crippen LogP contribution is 2.27. The summed E-state index contributed by atoms with van der Waals surface area (Å²) in [6, 6.07) is 7.14. The van der Waals surface area contributed by atoms with Crippen molar-refractivity contribution in [3.05, 3.63) is 29.3 Å². The van der Waals surface area contributed by atoms with Gasteiger partial charge in [-0.05, 0) is 68.5 Å². The second-order valence-electron chi connectivity index (χ2n) is 5.59. The van der Waals surface area contributed by atoms with Crippen LogP contribution in [0.4, 0.5) is 0 Å². The van der Waals surface area contributed by atoms with Gasteiger partial charge in [0.15, 0.2) is 0 Å². The van der Waals surface area contributed by atoms with Crippen LogP contribution in [0, 0.1) is 0 Å². The first-order valence-corrected chi connectivity index (χ1v) is 7.79. The van der Waals surface area contributed by atoms with Crippen molar-refractivity contribution in [3.8, 4) is 5.75 Å². The van der Waals surface area contributed by atoms with Gasteiger partial charge in [0.05, 0.1) is 7.11 Å². The third kappa shape index (κ3) is 3.74. The topological polar surface area (TPSA) is 32.7 Å². The molecule has 0 unspecified atom stereocenters. The van der Waals surface area contributed by atoms with Gasteiger partial charge in [0.25, 0.3) is 0 Å². The van der Waals surface area contributed by atoms with Crippen LogP contribution in [0.15, 0.2) is 18.2 Å². The van der Waals surface area contributed by atoms with Gasteiger partial charge in [0.2, 0.25) is 0 Å². The van der Waals surface area contributed by atoms with E-state index in [1.165, 1.54) is 17.5 Å². The van der Waals surface area contributed by atoms with Crippen molar-refractivity contribution in [1.82, 2.24) is 4.90 Å². The van der Waals surface area contributed by atoms with Crippen molar-refractivity contribution in [2.45, 2.75) is 45.1 Å². The molecule has 0 radical (unpaired) electrons. The standard InChI is InChI=1S/C17H27NO2/c1-3-18(10-4-5-11-19)16-8-6-15-13-17(20-2)9-7-14(15)12-16/h7,9,13,16,19H,3-6,8,10-12H2,1-2H3/t16-/m0/s1. The van der Waals surface area contributed by atoms with E-state index >= 15 is 0 Å². The van der Waals surface area contributed by atoms with E-state index < -0.39 is 0 Å². The average molecular weight is 277 g/mol. The van der Waals surface area contributed by atoms with Crippen LogP contribution < -0.4 is 4.74 Å². The van der Waals surface area contributed by atoms with E-state index in [0.717, 1.165) is 44.5 Å². The Balaban J connectivity index is 1.98. The van der Waals surface area contributed by atoms with E-state index in [2.05, 4.69) is 30.0 Å². The molecule has 0 heterocycles. The number of ether oxygens (including phenoxy) is 1. The number of methoxy groups -OCH3 is 1. The number of unbranched alkanes of at least 4 members (excludes halogenated alkanes) is 1. The van der Waals surface area contributed by atoms with Crippen LogP contribution in [0.25, 0.3) is 0 Å². The van der Waals surface area contributed by atoms with Gasteiger partial charge in [0.1, 0.15) is 5.75 Å². The first-order chi connectivity index (χ1) is 9.78. The molecule has 0 spiro atoms. The van der Waals surface area contributed by atoms with E-state index in [4.69, 9.17) is 9.84 Å². The molecule has 1 aliphatic rings. The highest BCUT2D eigenvalue weighted by Gasteiger charge is 2.23. The summed E-state index contributed by atoms with van der Waals surface area (Å²) in [6.07, 6.45) is 5.53. The number of hydrogen-bond acceptors (Lipinski definition) is 3.